The van der Waals surface area contributed by atoms with E-state index in [1.54, 1.807) is 13.2 Å². The van der Waals surface area contributed by atoms with Crippen molar-refractivity contribution in [3.05, 3.63) is 75.8 Å². The van der Waals surface area contributed by atoms with Gasteiger partial charge in [-0.1, -0.05) is 37.3 Å². The van der Waals surface area contributed by atoms with Gasteiger partial charge in [0.05, 0.1) is 7.11 Å². The molecule has 0 aliphatic carbocycles. The van der Waals surface area contributed by atoms with Crippen molar-refractivity contribution in [1.82, 2.24) is 0 Å². The molecule has 3 nitrogen and oxygen atoms in total. The first-order valence-corrected chi connectivity index (χ1v) is 9.26. The Morgan fingerprint density at radius 1 is 1.12 bits per heavy atom. The van der Waals surface area contributed by atoms with Gasteiger partial charge in [0, 0.05) is 10.2 Å². The smallest absolute Gasteiger partial charge is 0.129 e. The molecule has 2 atom stereocenters. The van der Waals surface area contributed by atoms with Crippen molar-refractivity contribution in [2.24, 2.45) is 5.92 Å². The molecule has 4 heteroatoms. The Morgan fingerprint density at radius 2 is 1.77 bits per heavy atom. The standard InChI is InChI=1S/C22H22N2OS/c1-15(11-18(13-23)14-24)5-6-16(2)21-12-17(3)22(26-21)19-7-9-20(25-4)10-8-19/h5-12,17,22H,1-4H3/b15-5+,16-6+. The fraction of sp³-hybridized carbons (Fsp3) is 0.273. The molecule has 0 N–H and O–H groups in total. The molecule has 2 rings (SSSR count). The maximum absolute atomic E-state index is 8.82. The summed E-state index contributed by atoms with van der Waals surface area (Å²) in [6.45, 7) is 6.21. The predicted octanol–water partition coefficient (Wildman–Crippen LogP) is 5.87. The lowest BCUT2D eigenvalue weighted by atomic mass is 9.99. The molecule has 0 bridgehead atoms. The van der Waals surface area contributed by atoms with E-state index in [2.05, 4.69) is 32.1 Å². The van der Waals surface area contributed by atoms with Gasteiger partial charge in [-0.2, -0.15) is 10.5 Å². The Kier molecular flexibility index (Phi) is 6.89. The maximum Gasteiger partial charge on any atom is 0.129 e. The summed E-state index contributed by atoms with van der Waals surface area (Å²) in [6, 6.07) is 12.0. The molecule has 0 amide bonds. The van der Waals surface area contributed by atoms with Crippen LogP contribution < -0.4 is 4.74 Å². The molecule has 26 heavy (non-hydrogen) atoms. The fourth-order valence-corrected chi connectivity index (χ4v) is 4.11. The van der Waals surface area contributed by atoms with Gasteiger partial charge >= 0.3 is 0 Å². The summed E-state index contributed by atoms with van der Waals surface area (Å²) >= 11 is 1.87. The normalized spacial score (nSPS) is 20.0. The Labute approximate surface area is 160 Å². The van der Waals surface area contributed by atoms with Gasteiger partial charge in [0.25, 0.3) is 0 Å². The number of allylic oxidation sites excluding steroid dienone is 7. The maximum atomic E-state index is 8.82. The summed E-state index contributed by atoms with van der Waals surface area (Å²) in [6.07, 6.45) is 7.89. The number of benzene rings is 1. The summed E-state index contributed by atoms with van der Waals surface area (Å²) in [7, 11) is 1.68. The third-order valence-electron chi connectivity index (χ3n) is 4.19. The molecule has 2 unspecified atom stereocenters. The molecule has 0 aromatic heterocycles. The van der Waals surface area contributed by atoms with Crippen LogP contribution in [0, 0.1) is 28.6 Å². The van der Waals surface area contributed by atoms with Crippen LogP contribution in [0.25, 0.3) is 0 Å². The number of hydrogen-bond acceptors (Lipinski definition) is 4. The zero-order valence-corrected chi connectivity index (χ0v) is 16.3. The number of nitriles is 2. The first-order chi connectivity index (χ1) is 12.5. The molecule has 0 saturated heterocycles. The first-order valence-electron chi connectivity index (χ1n) is 8.38. The van der Waals surface area contributed by atoms with E-state index in [-0.39, 0.29) is 5.57 Å². The highest BCUT2D eigenvalue weighted by Gasteiger charge is 2.27. The van der Waals surface area contributed by atoms with Crippen molar-refractivity contribution in [3.8, 4) is 17.9 Å². The van der Waals surface area contributed by atoms with Crippen molar-refractivity contribution in [2.75, 3.05) is 7.11 Å². The van der Waals surface area contributed by atoms with Gasteiger partial charge in [-0.05, 0) is 54.7 Å². The molecule has 1 aliphatic rings. The van der Waals surface area contributed by atoms with Gasteiger partial charge in [0.2, 0.25) is 0 Å². The molecule has 1 aliphatic heterocycles. The van der Waals surface area contributed by atoms with E-state index < -0.39 is 0 Å². The number of thioether (sulfide) groups is 1. The Morgan fingerprint density at radius 3 is 2.35 bits per heavy atom. The molecule has 0 fully saturated rings. The topological polar surface area (TPSA) is 56.8 Å². The Hall–Kier alpha value is -2.69. The highest BCUT2D eigenvalue weighted by molar-refractivity contribution is 8.03. The third-order valence-corrected chi connectivity index (χ3v) is 5.86. The molecule has 1 aromatic carbocycles. The zero-order chi connectivity index (χ0) is 19.1. The Bertz CT molecular complexity index is 845. The Balaban J connectivity index is 2.12. The summed E-state index contributed by atoms with van der Waals surface area (Å²) in [5.74, 6) is 1.32. The van der Waals surface area contributed by atoms with Gasteiger partial charge in [0.15, 0.2) is 0 Å². The molecular weight excluding hydrogens is 340 g/mol. The summed E-state index contributed by atoms with van der Waals surface area (Å²) in [5.41, 5.74) is 3.48. The van der Waals surface area contributed by atoms with Crippen LogP contribution in [0.5, 0.6) is 5.75 Å². The van der Waals surface area contributed by atoms with Crippen molar-refractivity contribution in [3.63, 3.8) is 0 Å². The lowest BCUT2D eigenvalue weighted by molar-refractivity contribution is 0.414. The van der Waals surface area contributed by atoms with E-state index in [9.17, 15) is 0 Å². The van der Waals surface area contributed by atoms with Crippen LogP contribution in [0.4, 0.5) is 0 Å². The van der Waals surface area contributed by atoms with Crippen LogP contribution in [0.15, 0.2) is 70.2 Å². The van der Waals surface area contributed by atoms with E-state index in [0.717, 1.165) is 11.3 Å². The van der Waals surface area contributed by atoms with Gasteiger partial charge in [-0.3, -0.25) is 0 Å². The molecule has 132 valence electrons. The van der Waals surface area contributed by atoms with Crippen LogP contribution >= 0.6 is 11.8 Å². The second kappa shape index (κ2) is 9.13. The minimum atomic E-state index is 0.118. The molecule has 0 radical (unpaired) electrons. The third kappa shape index (κ3) is 4.91. The van der Waals surface area contributed by atoms with Crippen LogP contribution in [0.2, 0.25) is 0 Å². The average molecular weight is 362 g/mol. The van der Waals surface area contributed by atoms with E-state index in [0.29, 0.717) is 11.2 Å². The van der Waals surface area contributed by atoms with Crippen LogP contribution in [-0.4, -0.2) is 7.11 Å². The summed E-state index contributed by atoms with van der Waals surface area (Å²) in [4.78, 5) is 1.27. The lowest BCUT2D eigenvalue weighted by Crippen LogP contribution is -1.99. The minimum Gasteiger partial charge on any atom is -0.497 e. The van der Waals surface area contributed by atoms with E-state index in [4.69, 9.17) is 15.3 Å². The highest BCUT2D eigenvalue weighted by Crippen LogP contribution is 2.49. The molecule has 1 aromatic rings. The van der Waals surface area contributed by atoms with Gasteiger partial charge in [-0.25, -0.2) is 0 Å². The van der Waals surface area contributed by atoms with Crippen molar-refractivity contribution < 1.29 is 4.74 Å². The SMILES string of the molecule is COc1ccc(C2SC(/C(C)=C/C=C(\C)C=C(C#N)C#N)=CC2C)cc1. The quantitative estimate of drug-likeness (QED) is 0.485. The van der Waals surface area contributed by atoms with Crippen LogP contribution in [0.3, 0.4) is 0 Å². The average Bonchev–Trinajstić information content (AvgIpc) is 3.06. The number of methoxy groups -OCH3 is 1. The first kappa shape index (κ1) is 19.6. The van der Waals surface area contributed by atoms with Crippen LogP contribution in [-0.2, 0) is 0 Å². The largest absolute Gasteiger partial charge is 0.497 e. The van der Waals surface area contributed by atoms with Crippen molar-refractivity contribution >= 4 is 11.8 Å². The van der Waals surface area contributed by atoms with Gasteiger partial charge in [-0.15, -0.1) is 11.8 Å². The number of ether oxygens (including phenoxy) is 1. The zero-order valence-electron chi connectivity index (χ0n) is 15.5. The summed E-state index contributed by atoms with van der Waals surface area (Å²) < 4.78 is 5.24. The minimum absolute atomic E-state index is 0.118. The van der Waals surface area contributed by atoms with E-state index in [1.807, 2.05) is 55.1 Å². The van der Waals surface area contributed by atoms with Gasteiger partial charge < -0.3 is 4.74 Å². The second-order valence-corrected chi connectivity index (χ2v) is 7.43. The monoisotopic (exact) mass is 362 g/mol. The lowest BCUT2D eigenvalue weighted by Gasteiger charge is -2.15. The van der Waals surface area contributed by atoms with Gasteiger partial charge in [0.1, 0.15) is 23.5 Å². The number of rotatable bonds is 5. The number of nitrogens with zero attached hydrogens (tertiary/aromatic N) is 2. The predicted molar refractivity (Wildman–Crippen MR) is 107 cm³/mol. The second-order valence-electron chi connectivity index (χ2n) is 6.24. The fourth-order valence-electron chi connectivity index (χ4n) is 2.70. The highest BCUT2D eigenvalue weighted by atomic mass is 32.2. The number of hydrogen-bond donors (Lipinski definition) is 0. The van der Waals surface area contributed by atoms with Crippen molar-refractivity contribution in [1.29, 1.82) is 10.5 Å². The van der Waals surface area contributed by atoms with E-state index in [1.165, 1.54) is 16.0 Å². The molecular formula is C22H22N2OS. The van der Waals surface area contributed by atoms with Crippen LogP contribution in [0.1, 0.15) is 31.6 Å². The summed E-state index contributed by atoms with van der Waals surface area (Å²) in [5, 5.41) is 18.0. The van der Waals surface area contributed by atoms with Crippen molar-refractivity contribution in [2.45, 2.75) is 26.0 Å². The molecule has 1 heterocycles. The molecule has 0 spiro atoms. The molecule has 0 saturated carbocycles. The van der Waals surface area contributed by atoms with E-state index >= 15 is 0 Å².